The van der Waals surface area contributed by atoms with Crippen molar-refractivity contribution in [3.8, 4) is 11.5 Å². The second kappa shape index (κ2) is 9.75. The molecule has 0 radical (unpaired) electrons. The summed E-state index contributed by atoms with van der Waals surface area (Å²) in [5.41, 5.74) is 0.349. The fourth-order valence-corrected chi connectivity index (χ4v) is 3.70. The van der Waals surface area contributed by atoms with Gasteiger partial charge >= 0.3 is 5.97 Å². The normalized spacial score (nSPS) is 13.9. The molecule has 1 aliphatic rings. The number of rotatable bonds is 8. The summed E-state index contributed by atoms with van der Waals surface area (Å²) in [6, 6.07) is 9.31. The first-order valence-corrected chi connectivity index (χ1v) is 10.9. The molecule has 0 saturated carbocycles. The molecule has 1 amide bonds. The van der Waals surface area contributed by atoms with Gasteiger partial charge in [-0.05, 0) is 43.3 Å². The van der Waals surface area contributed by atoms with Crippen molar-refractivity contribution in [3.63, 3.8) is 0 Å². The minimum Gasteiger partial charge on any atom is -0.486 e. The van der Waals surface area contributed by atoms with Crippen molar-refractivity contribution in [2.24, 2.45) is 0 Å². The molecule has 2 aromatic carbocycles. The number of nitrogens with one attached hydrogen (secondary N) is 2. The topological polar surface area (TPSA) is 120 Å². The van der Waals surface area contributed by atoms with E-state index in [0.29, 0.717) is 30.4 Å². The van der Waals surface area contributed by atoms with Crippen molar-refractivity contribution in [1.29, 1.82) is 0 Å². The van der Waals surface area contributed by atoms with Gasteiger partial charge < -0.3 is 19.5 Å². The van der Waals surface area contributed by atoms with Gasteiger partial charge in [-0.15, -0.1) is 0 Å². The molecule has 2 N–H and O–H groups in total. The van der Waals surface area contributed by atoms with Gasteiger partial charge in [-0.1, -0.05) is 0 Å². The highest BCUT2D eigenvalue weighted by Crippen LogP contribution is 2.32. The highest BCUT2D eigenvalue weighted by molar-refractivity contribution is 7.89. The monoisotopic (exact) mass is 452 g/mol. The maximum absolute atomic E-state index is 12.9. The van der Waals surface area contributed by atoms with Gasteiger partial charge in [0.1, 0.15) is 19.0 Å². The molecular formula is C20H21FN2O7S. The van der Waals surface area contributed by atoms with Gasteiger partial charge in [0.25, 0.3) is 5.91 Å². The Morgan fingerprint density at radius 2 is 1.77 bits per heavy atom. The van der Waals surface area contributed by atoms with Gasteiger partial charge in [0.2, 0.25) is 10.0 Å². The zero-order chi connectivity index (χ0) is 22.4. The molecule has 2 aromatic rings. The number of benzene rings is 2. The molecule has 0 bridgehead atoms. The molecule has 166 valence electrons. The quantitative estimate of drug-likeness (QED) is 0.587. The van der Waals surface area contributed by atoms with Crippen LogP contribution in [0.2, 0.25) is 0 Å². The molecule has 3 rings (SSSR count). The minimum absolute atomic E-state index is 0.0304. The van der Waals surface area contributed by atoms with E-state index in [0.717, 1.165) is 0 Å². The molecule has 0 aromatic heterocycles. The average molecular weight is 452 g/mol. The predicted molar refractivity (Wildman–Crippen MR) is 108 cm³/mol. The molecule has 11 heteroatoms. The van der Waals surface area contributed by atoms with Crippen LogP contribution < -0.4 is 19.5 Å². The molecule has 31 heavy (non-hydrogen) atoms. The third kappa shape index (κ3) is 6.15. The molecule has 1 atom stereocenters. The third-order valence-corrected chi connectivity index (χ3v) is 5.69. The number of halogens is 1. The van der Waals surface area contributed by atoms with Crippen LogP contribution in [-0.2, 0) is 24.3 Å². The van der Waals surface area contributed by atoms with E-state index in [2.05, 4.69) is 10.0 Å². The van der Waals surface area contributed by atoms with E-state index in [4.69, 9.17) is 14.2 Å². The maximum Gasteiger partial charge on any atom is 0.307 e. The molecule has 0 unspecified atom stereocenters. The first-order chi connectivity index (χ1) is 14.7. The average Bonchev–Trinajstić information content (AvgIpc) is 2.74. The Morgan fingerprint density at radius 1 is 1.10 bits per heavy atom. The number of fused-ring (bicyclic) bond motifs is 1. The van der Waals surface area contributed by atoms with Crippen LogP contribution in [0.5, 0.6) is 11.5 Å². The second-order valence-electron chi connectivity index (χ2n) is 6.58. The lowest BCUT2D eigenvalue weighted by Gasteiger charge is -2.19. The number of sulfonamides is 1. The highest BCUT2D eigenvalue weighted by atomic mass is 32.2. The van der Waals surface area contributed by atoms with E-state index >= 15 is 0 Å². The Morgan fingerprint density at radius 3 is 2.48 bits per heavy atom. The Kier molecular flexibility index (Phi) is 7.08. The van der Waals surface area contributed by atoms with Crippen LogP contribution >= 0.6 is 0 Å². The number of anilines is 1. The summed E-state index contributed by atoms with van der Waals surface area (Å²) >= 11 is 0. The number of hydrogen-bond donors (Lipinski definition) is 2. The van der Waals surface area contributed by atoms with Crippen LogP contribution in [0.1, 0.15) is 13.3 Å². The maximum atomic E-state index is 12.9. The molecule has 0 saturated heterocycles. The molecular weight excluding hydrogens is 431 g/mol. The van der Waals surface area contributed by atoms with Crippen molar-refractivity contribution in [3.05, 3.63) is 48.3 Å². The van der Waals surface area contributed by atoms with E-state index in [-0.39, 0.29) is 17.9 Å². The fraction of sp³-hybridized carbons (Fsp3) is 0.300. The lowest BCUT2D eigenvalue weighted by Crippen LogP contribution is -2.32. The molecule has 0 fully saturated rings. The fourth-order valence-electron chi connectivity index (χ4n) is 2.65. The van der Waals surface area contributed by atoms with Crippen molar-refractivity contribution in [2.75, 3.05) is 25.1 Å². The van der Waals surface area contributed by atoms with E-state index in [1.54, 1.807) is 0 Å². The highest BCUT2D eigenvalue weighted by Gasteiger charge is 2.21. The summed E-state index contributed by atoms with van der Waals surface area (Å²) in [5, 5.41) is 2.48. The summed E-state index contributed by atoms with van der Waals surface area (Å²) in [4.78, 5) is 24.0. The van der Waals surface area contributed by atoms with Crippen molar-refractivity contribution in [1.82, 2.24) is 4.72 Å². The lowest BCUT2D eigenvalue weighted by molar-refractivity contribution is -0.152. The summed E-state index contributed by atoms with van der Waals surface area (Å²) in [5.74, 6) is -1.02. The van der Waals surface area contributed by atoms with E-state index < -0.39 is 33.8 Å². The van der Waals surface area contributed by atoms with Gasteiger partial charge in [0, 0.05) is 18.3 Å². The number of esters is 1. The zero-order valence-corrected chi connectivity index (χ0v) is 17.4. The van der Waals surface area contributed by atoms with Gasteiger partial charge in [0.15, 0.2) is 17.6 Å². The van der Waals surface area contributed by atoms with E-state index in [1.807, 2.05) is 0 Å². The largest absolute Gasteiger partial charge is 0.486 e. The van der Waals surface area contributed by atoms with E-state index in [1.165, 1.54) is 49.4 Å². The van der Waals surface area contributed by atoms with Gasteiger partial charge in [-0.2, -0.15) is 0 Å². The van der Waals surface area contributed by atoms with Gasteiger partial charge in [-0.25, -0.2) is 17.5 Å². The molecule has 1 heterocycles. The third-order valence-electron chi connectivity index (χ3n) is 4.23. The second-order valence-corrected chi connectivity index (χ2v) is 8.35. The smallest absolute Gasteiger partial charge is 0.307 e. The van der Waals surface area contributed by atoms with Crippen LogP contribution in [0.4, 0.5) is 10.1 Å². The molecule has 0 spiro atoms. The van der Waals surface area contributed by atoms with Crippen molar-refractivity contribution in [2.45, 2.75) is 24.3 Å². The van der Waals surface area contributed by atoms with E-state index in [9.17, 15) is 22.4 Å². The SMILES string of the molecule is C[C@@H](OC(=O)CCNS(=O)(=O)c1ccc2c(c1)OCCO2)C(=O)Nc1ccc(F)cc1. The number of hydrogen-bond acceptors (Lipinski definition) is 7. The van der Waals surface area contributed by atoms with Gasteiger partial charge in [-0.3, -0.25) is 9.59 Å². The lowest BCUT2D eigenvalue weighted by atomic mass is 10.3. The van der Waals surface area contributed by atoms with Crippen LogP contribution in [0, 0.1) is 5.82 Å². The Hall–Kier alpha value is -3.18. The predicted octanol–water partition coefficient (Wildman–Crippen LogP) is 1.84. The first kappa shape index (κ1) is 22.5. The summed E-state index contributed by atoms with van der Waals surface area (Å²) < 4.78 is 55.7. The number of carbonyl (C=O) groups excluding carboxylic acids is 2. The number of ether oxygens (including phenoxy) is 3. The zero-order valence-electron chi connectivity index (χ0n) is 16.6. The number of carbonyl (C=O) groups is 2. The minimum atomic E-state index is -3.88. The summed E-state index contributed by atoms with van der Waals surface area (Å²) in [7, 11) is -3.88. The first-order valence-electron chi connectivity index (χ1n) is 9.40. The number of amides is 1. The van der Waals surface area contributed by atoms with Crippen LogP contribution in [0.25, 0.3) is 0 Å². The Balaban J connectivity index is 1.46. The summed E-state index contributed by atoms with van der Waals surface area (Å²) in [6.07, 6.45) is -1.40. The molecule has 0 aliphatic carbocycles. The molecule has 9 nitrogen and oxygen atoms in total. The molecule has 1 aliphatic heterocycles. The van der Waals surface area contributed by atoms with Gasteiger partial charge in [0.05, 0.1) is 11.3 Å². The Bertz CT molecular complexity index is 1060. The van der Waals surface area contributed by atoms with Crippen LogP contribution in [0.3, 0.4) is 0 Å². The summed E-state index contributed by atoms with van der Waals surface area (Å²) in [6.45, 7) is 1.86. The van der Waals surface area contributed by atoms with Crippen LogP contribution in [-0.4, -0.2) is 46.2 Å². The van der Waals surface area contributed by atoms with Crippen molar-refractivity contribution < 1.29 is 36.6 Å². The standard InChI is InChI=1S/C20H21FN2O7S/c1-13(20(25)23-15-4-2-14(21)3-5-15)30-19(24)8-9-22-31(26,27)16-6-7-17-18(12-16)29-11-10-28-17/h2-7,12-13,22H,8-11H2,1H3,(H,23,25)/t13-/m1/s1. The van der Waals surface area contributed by atoms with Crippen LogP contribution in [0.15, 0.2) is 47.4 Å². The van der Waals surface area contributed by atoms with Crippen molar-refractivity contribution >= 4 is 27.6 Å². The Labute approximate surface area is 178 Å².